The molecule has 1 nitrogen and oxygen atoms in total. The molecule has 0 fully saturated rings. The number of benzene rings is 8. The minimum atomic E-state index is -0.392. The zero-order chi connectivity index (χ0) is 37.6. The SMILES string of the molecule is C1=C(N(c2ccccc2)c2ccc3c(c2)C2(c4ccccc4-c4ccccc42)c2ccccc2-3)CCC(C2(c3ccccc3)c3ccccc3-c3ccccc32)=C1. The first-order chi connectivity index (χ1) is 28.3. The quantitative estimate of drug-likeness (QED) is 0.171. The molecule has 0 N–H and O–H groups in total. The molecule has 0 radical (unpaired) electrons. The number of hydrogen-bond acceptors (Lipinski definition) is 1. The van der Waals surface area contributed by atoms with Gasteiger partial charge in [0.15, 0.2) is 0 Å². The first-order valence-electron chi connectivity index (χ1n) is 20.2. The molecule has 0 unspecified atom stereocenters. The molecule has 1 heteroatoms. The van der Waals surface area contributed by atoms with Crippen LogP contribution in [0.1, 0.15) is 51.8 Å². The Morgan fingerprint density at radius 2 is 0.737 bits per heavy atom. The predicted octanol–water partition coefficient (Wildman–Crippen LogP) is 13.8. The van der Waals surface area contributed by atoms with Crippen molar-refractivity contribution in [2.75, 3.05) is 4.90 Å². The van der Waals surface area contributed by atoms with Crippen LogP contribution in [0.4, 0.5) is 11.4 Å². The Morgan fingerprint density at radius 3 is 1.21 bits per heavy atom. The van der Waals surface area contributed by atoms with Gasteiger partial charge in [-0.15, -0.1) is 0 Å². The molecule has 0 saturated carbocycles. The molecule has 0 atom stereocenters. The fraction of sp³-hybridized carbons (Fsp3) is 0.0714. The van der Waals surface area contributed by atoms with Gasteiger partial charge >= 0.3 is 0 Å². The summed E-state index contributed by atoms with van der Waals surface area (Å²) >= 11 is 0. The van der Waals surface area contributed by atoms with E-state index in [-0.39, 0.29) is 5.41 Å². The van der Waals surface area contributed by atoms with Crippen LogP contribution in [0, 0.1) is 0 Å². The average molecular weight is 726 g/mol. The summed E-state index contributed by atoms with van der Waals surface area (Å²) in [5.41, 5.74) is 21.9. The lowest BCUT2D eigenvalue weighted by atomic mass is 9.65. The van der Waals surface area contributed by atoms with Crippen LogP contribution in [0.3, 0.4) is 0 Å². The third-order valence-corrected chi connectivity index (χ3v) is 13.3. The van der Waals surface area contributed by atoms with Crippen molar-refractivity contribution in [1.29, 1.82) is 0 Å². The molecule has 268 valence electrons. The van der Waals surface area contributed by atoms with Crippen LogP contribution < -0.4 is 4.90 Å². The fourth-order valence-electron chi connectivity index (χ4n) is 11.2. The number of nitrogens with zero attached hydrogens (tertiary/aromatic N) is 1. The van der Waals surface area contributed by atoms with E-state index in [0.717, 1.165) is 12.8 Å². The average Bonchev–Trinajstić information content (AvgIpc) is 3.88. The van der Waals surface area contributed by atoms with Gasteiger partial charge in [-0.1, -0.05) is 188 Å². The van der Waals surface area contributed by atoms with Crippen molar-refractivity contribution >= 4 is 11.4 Å². The van der Waals surface area contributed by atoms with E-state index in [2.05, 4.69) is 217 Å². The van der Waals surface area contributed by atoms with Crippen LogP contribution >= 0.6 is 0 Å². The highest BCUT2D eigenvalue weighted by Gasteiger charge is 2.52. The van der Waals surface area contributed by atoms with Crippen molar-refractivity contribution in [2.24, 2.45) is 0 Å². The van der Waals surface area contributed by atoms with E-state index in [4.69, 9.17) is 0 Å². The van der Waals surface area contributed by atoms with Crippen LogP contribution in [0.15, 0.2) is 224 Å². The molecule has 12 rings (SSSR count). The number of rotatable bonds is 5. The molecule has 4 aliphatic carbocycles. The number of para-hydroxylation sites is 1. The van der Waals surface area contributed by atoms with Crippen molar-refractivity contribution < 1.29 is 0 Å². The van der Waals surface area contributed by atoms with Gasteiger partial charge < -0.3 is 4.90 Å². The van der Waals surface area contributed by atoms with E-state index < -0.39 is 5.41 Å². The van der Waals surface area contributed by atoms with Crippen molar-refractivity contribution in [3.63, 3.8) is 0 Å². The second kappa shape index (κ2) is 12.3. The molecule has 4 aliphatic rings. The summed E-state index contributed by atoms with van der Waals surface area (Å²) in [6.45, 7) is 0. The smallest absolute Gasteiger partial charge is 0.0726 e. The molecule has 1 spiro atoms. The lowest BCUT2D eigenvalue weighted by molar-refractivity contribution is 0.681. The molecule has 0 aliphatic heterocycles. The maximum Gasteiger partial charge on any atom is 0.0726 e. The van der Waals surface area contributed by atoms with Gasteiger partial charge in [0.2, 0.25) is 0 Å². The predicted molar refractivity (Wildman–Crippen MR) is 235 cm³/mol. The van der Waals surface area contributed by atoms with Gasteiger partial charge in [0.1, 0.15) is 0 Å². The van der Waals surface area contributed by atoms with Crippen LogP contribution in [-0.4, -0.2) is 0 Å². The monoisotopic (exact) mass is 725 g/mol. The van der Waals surface area contributed by atoms with Crippen LogP contribution in [-0.2, 0) is 10.8 Å². The Hall–Kier alpha value is -6.96. The Labute approximate surface area is 334 Å². The minimum absolute atomic E-state index is 0.358. The van der Waals surface area contributed by atoms with Gasteiger partial charge in [-0.05, 0) is 116 Å². The molecule has 57 heavy (non-hydrogen) atoms. The molecule has 8 aromatic rings. The van der Waals surface area contributed by atoms with E-state index >= 15 is 0 Å². The number of hydrogen-bond donors (Lipinski definition) is 0. The number of allylic oxidation sites excluding steroid dienone is 4. The van der Waals surface area contributed by atoms with E-state index in [0.29, 0.717) is 0 Å². The maximum atomic E-state index is 2.52. The molecular weight excluding hydrogens is 687 g/mol. The van der Waals surface area contributed by atoms with Crippen molar-refractivity contribution in [3.8, 4) is 33.4 Å². The molecule has 0 saturated heterocycles. The van der Waals surface area contributed by atoms with Crippen LogP contribution in [0.2, 0.25) is 0 Å². The first kappa shape index (κ1) is 32.3. The number of fused-ring (bicyclic) bond motifs is 13. The molecule has 0 aromatic heterocycles. The minimum Gasteiger partial charge on any atom is -0.314 e. The number of anilines is 2. The summed E-state index contributed by atoms with van der Waals surface area (Å²) in [5.74, 6) is 0. The van der Waals surface area contributed by atoms with E-state index in [1.165, 1.54) is 95.0 Å². The summed E-state index contributed by atoms with van der Waals surface area (Å²) in [6.07, 6.45) is 6.72. The van der Waals surface area contributed by atoms with E-state index in [9.17, 15) is 0 Å². The first-order valence-corrected chi connectivity index (χ1v) is 20.2. The fourth-order valence-corrected chi connectivity index (χ4v) is 11.2. The molecule has 0 amide bonds. The van der Waals surface area contributed by atoms with E-state index in [1.54, 1.807) is 0 Å². The second-order valence-corrected chi connectivity index (χ2v) is 15.8. The largest absolute Gasteiger partial charge is 0.314 e. The molecule has 0 heterocycles. The summed E-state index contributed by atoms with van der Waals surface area (Å²) in [4.78, 5) is 2.52. The van der Waals surface area contributed by atoms with Gasteiger partial charge in [0, 0.05) is 17.1 Å². The summed E-state index contributed by atoms with van der Waals surface area (Å²) in [7, 11) is 0. The van der Waals surface area contributed by atoms with Crippen molar-refractivity contribution in [2.45, 2.75) is 23.7 Å². The van der Waals surface area contributed by atoms with Crippen molar-refractivity contribution in [1.82, 2.24) is 0 Å². The zero-order valence-corrected chi connectivity index (χ0v) is 31.6. The lowest BCUT2D eigenvalue weighted by Gasteiger charge is -2.38. The Morgan fingerprint density at radius 1 is 0.316 bits per heavy atom. The Balaban J connectivity index is 1.06. The third kappa shape index (κ3) is 4.29. The maximum absolute atomic E-state index is 2.52. The highest BCUT2D eigenvalue weighted by atomic mass is 15.1. The molecule has 0 bridgehead atoms. The van der Waals surface area contributed by atoms with Gasteiger partial charge in [-0.25, -0.2) is 0 Å². The lowest BCUT2D eigenvalue weighted by Crippen LogP contribution is -2.31. The van der Waals surface area contributed by atoms with Gasteiger partial charge in [-0.3, -0.25) is 0 Å². The normalized spacial score (nSPS) is 15.7. The van der Waals surface area contributed by atoms with Gasteiger partial charge in [0.25, 0.3) is 0 Å². The summed E-state index contributed by atoms with van der Waals surface area (Å²) in [5, 5.41) is 0. The highest BCUT2D eigenvalue weighted by Crippen LogP contribution is 2.63. The zero-order valence-electron chi connectivity index (χ0n) is 31.6. The van der Waals surface area contributed by atoms with Gasteiger partial charge in [0.05, 0.1) is 10.8 Å². The second-order valence-electron chi connectivity index (χ2n) is 15.8. The van der Waals surface area contributed by atoms with E-state index in [1.807, 2.05) is 0 Å². The Kier molecular flexibility index (Phi) is 6.95. The third-order valence-electron chi connectivity index (χ3n) is 13.3. The van der Waals surface area contributed by atoms with Crippen LogP contribution in [0.25, 0.3) is 33.4 Å². The topological polar surface area (TPSA) is 3.24 Å². The standard InChI is InChI=1S/C56H39N/c1-3-17-38(18-4-1)55(49-26-12-7-21-43(49)44-22-8-13-27-50(44)55)39-31-33-41(34-32-39)57(40-19-5-2-6-20-40)42-35-36-48-47-25-11-16-30-53(47)56(54(48)37-42)51-28-14-9-23-45(51)46-24-10-15-29-52(46)56/h1-31,33,35-37H,32,34H2. The summed E-state index contributed by atoms with van der Waals surface area (Å²) < 4.78 is 0. The molecular formula is C56H39N. The molecule has 8 aromatic carbocycles. The van der Waals surface area contributed by atoms with Gasteiger partial charge in [-0.2, -0.15) is 0 Å². The van der Waals surface area contributed by atoms with Crippen LogP contribution in [0.5, 0.6) is 0 Å². The Bertz CT molecular complexity index is 2860. The van der Waals surface area contributed by atoms with Crippen molar-refractivity contribution in [3.05, 3.63) is 263 Å². The summed E-state index contributed by atoms with van der Waals surface area (Å²) in [6, 6.07) is 74.7. The highest BCUT2D eigenvalue weighted by molar-refractivity contribution is 5.96.